The fourth-order valence-corrected chi connectivity index (χ4v) is 2.34. The van der Waals surface area contributed by atoms with E-state index in [1.165, 1.54) is 11.7 Å². The number of rotatable bonds is 6. The van der Waals surface area contributed by atoms with Crippen LogP contribution in [0, 0.1) is 0 Å². The number of pyridine rings is 1. The second-order valence-corrected chi connectivity index (χ2v) is 5.39. The summed E-state index contributed by atoms with van der Waals surface area (Å²) in [6.07, 6.45) is 1.75. The van der Waals surface area contributed by atoms with E-state index in [1.807, 2.05) is 30.3 Å². The first kappa shape index (κ1) is 16.3. The van der Waals surface area contributed by atoms with Crippen LogP contribution in [0.25, 0.3) is 0 Å². The number of methoxy groups -OCH3 is 1. The molecule has 0 saturated heterocycles. The van der Waals surface area contributed by atoms with Gasteiger partial charge in [0.15, 0.2) is 0 Å². The average Bonchev–Trinajstić information content (AvgIpc) is 2.56. The molecule has 22 heavy (non-hydrogen) atoms. The number of ether oxygens (including phenoxy) is 2. The molecule has 0 bridgehead atoms. The van der Waals surface area contributed by atoms with Gasteiger partial charge in [-0.1, -0.05) is 30.3 Å². The molecule has 0 aliphatic carbocycles. The summed E-state index contributed by atoms with van der Waals surface area (Å²) in [5.74, 6) is 0.121. The highest BCUT2D eigenvalue weighted by Crippen LogP contribution is 2.21. The maximum Gasteiger partial charge on any atom is 0.307 e. The van der Waals surface area contributed by atoms with Gasteiger partial charge in [-0.2, -0.15) is 0 Å². The van der Waals surface area contributed by atoms with E-state index in [0.717, 1.165) is 5.56 Å². The molecule has 2 aromatic rings. The van der Waals surface area contributed by atoms with Crippen LogP contribution in [-0.2, 0) is 22.7 Å². The molecule has 0 atom stereocenters. The summed E-state index contributed by atoms with van der Waals surface area (Å²) in [4.78, 5) is 23.3. The van der Waals surface area contributed by atoms with E-state index in [1.54, 1.807) is 12.3 Å². The van der Waals surface area contributed by atoms with E-state index in [-0.39, 0.29) is 24.5 Å². The first-order chi connectivity index (χ1) is 10.6. The third-order valence-electron chi connectivity index (χ3n) is 3.09. The van der Waals surface area contributed by atoms with Crippen molar-refractivity contribution < 1.29 is 14.3 Å². The predicted octanol–water partition coefficient (Wildman–Crippen LogP) is 2.75. The average molecular weight is 366 g/mol. The Kier molecular flexibility index (Phi) is 5.77. The molecule has 0 amide bonds. The van der Waals surface area contributed by atoms with Crippen molar-refractivity contribution in [3.63, 3.8) is 0 Å². The molecular formula is C16H16BrNO4. The molecule has 5 nitrogen and oxygen atoms in total. The zero-order chi connectivity index (χ0) is 15.9. The largest absolute Gasteiger partial charge is 0.487 e. The second kappa shape index (κ2) is 7.79. The number of carbonyl (C=O) groups is 1. The Morgan fingerprint density at radius 2 is 1.95 bits per heavy atom. The molecule has 0 saturated carbocycles. The summed E-state index contributed by atoms with van der Waals surface area (Å²) >= 11 is 3.25. The van der Waals surface area contributed by atoms with Crippen LogP contribution in [0.3, 0.4) is 0 Å². The van der Waals surface area contributed by atoms with E-state index in [2.05, 4.69) is 20.7 Å². The van der Waals surface area contributed by atoms with E-state index in [9.17, 15) is 9.59 Å². The number of nitrogens with zero attached hydrogens (tertiary/aromatic N) is 1. The molecule has 0 N–H and O–H groups in total. The second-order valence-electron chi connectivity index (χ2n) is 4.59. The molecule has 2 rings (SSSR count). The van der Waals surface area contributed by atoms with E-state index in [0.29, 0.717) is 16.8 Å². The molecule has 1 heterocycles. The van der Waals surface area contributed by atoms with Gasteiger partial charge in [-0.25, -0.2) is 0 Å². The first-order valence-corrected chi connectivity index (χ1v) is 7.53. The zero-order valence-electron chi connectivity index (χ0n) is 12.1. The molecular weight excluding hydrogens is 350 g/mol. The maximum atomic E-state index is 12.2. The standard InChI is InChI=1S/C16H16BrNO4/c1-21-14(19)8-10-18-9-7-13(15(17)16(18)20)22-11-12-5-3-2-4-6-12/h2-7,9H,8,10-11H2,1H3. The molecule has 0 unspecified atom stereocenters. The molecule has 0 aliphatic rings. The number of aromatic nitrogens is 1. The topological polar surface area (TPSA) is 57.5 Å². The summed E-state index contributed by atoms with van der Waals surface area (Å²) in [7, 11) is 1.32. The number of hydrogen-bond donors (Lipinski definition) is 0. The predicted molar refractivity (Wildman–Crippen MR) is 85.8 cm³/mol. The van der Waals surface area contributed by atoms with E-state index in [4.69, 9.17) is 4.74 Å². The van der Waals surface area contributed by atoms with Crippen LogP contribution < -0.4 is 10.3 Å². The Morgan fingerprint density at radius 3 is 2.64 bits per heavy atom. The van der Waals surface area contributed by atoms with Crippen LogP contribution in [0.4, 0.5) is 0 Å². The van der Waals surface area contributed by atoms with Gasteiger partial charge in [0.2, 0.25) is 0 Å². The minimum atomic E-state index is -0.354. The zero-order valence-corrected chi connectivity index (χ0v) is 13.7. The lowest BCUT2D eigenvalue weighted by atomic mass is 10.2. The molecule has 1 aromatic carbocycles. The van der Waals surface area contributed by atoms with Gasteiger partial charge in [0.25, 0.3) is 5.56 Å². The highest BCUT2D eigenvalue weighted by molar-refractivity contribution is 9.10. The van der Waals surface area contributed by atoms with Crippen molar-refractivity contribution in [2.75, 3.05) is 7.11 Å². The highest BCUT2D eigenvalue weighted by atomic mass is 79.9. The summed E-state index contributed by atoms with van der Waals surface area (Å²) in [5.41, 5.74) is 0.777. The van der Waals surface area contributed by atoms with Gasteiger partial charge in [0, 0.05) is 12.7 Å². The molecule has 0 aliphatic heterocycles. The minimum absolute atomic E-state index is 0.146. The van der Waals surface area contributed by atoms with Crippen LogP contribution in [0.15, 0.2) is 51.9 Å². The Balaban J connectivity index is 2.06. The van der Waals surface area contributed by atoms with E-state index >= 15 is 0 Å². The Hall–Kier alpha value is -2.08. The van der Waals surface area contributed by atoms with Crippen LogP contribution in [0.1, 0.15) is 12.0 Å². The lowest BCUT2D eigenvalue weighted by Crippen LogP contribution is -2.22. The number of hydrogen-bond acceptors (Lipinski definition) is 4. The number of carbonyl (C=O) groups excluding carboxylic acids is 1. The molecule has 0 radical (unpaired) electrons. The van der Waals surface area contributed by atoms with Gasteiger partial charge >= 0.3 is 5.97 Å². The molecule has 6 heteroatoms. The Labute approximate surface area is 136 Å². The quantitative estimate of drug-likeness (QED) is 0.738. The minimum Gasteiger partial charge on any atom is -0.487 e. The van der Waals surface area contributed by atoms with Crippen molar-refractivity contribution in [1.29, 1.82) is 0 Å². The number of halogens is 1. The number of benzene rings is 1. The normalized spacial score (nSPS) is 10.3. The van der Waals surface area contributed by atoms with Gasteiger partial charge in [-0.05, 0) is 27.6 Å². The molecule has 0 fully saturated rings. The van der Waals surface area contributed by atoms with Gasteiger partial charge in [0.1, 0.15) is 16.8 Å². The monoisotopic (exact) mass is 365 g/mol. The van der Waals surface area contributed by atoms with Crippen molar-refractivity contribution in [3.8, 4) is 5.75 Å². The SMILES string of the molecule is COC(=O)CCn1ccc(OCc2ccccc2)c(Br)c1=O. The van der Waals surface area contributed by atoms with Crippen molar-refractivity contribution in [2.45, 2.75) is 19.6 Å². The summed E-state index contributed by atoms with van der Waals surface area (Å²) in [6, 6.07) is 11.4. The highest BCUT2D eigenvalue weighted by Gasteiger charge is 2.10. The van der Waals surface area contributed by atoms with E-state index < -0.39 is 0 Å². The van der Waals surface area contributed by atoms with Crippen LogP contribution in [-0.4, -0.2) is 17.6 Å². The Bertz CT molecular complexity index is 697. The lowest BCUT2D eigenvalue weighted by molar-refractivity contribution is -0.140. The smallest absolute Gasteiger partial charge is 0.307 e. The van der Waals surface area contributed by atoms with Gasteiger partial charge < -0.3 is 14.0 Å². The van der Waals surface area contributed by atoms with Crippen molar-refractivity contribution in [1.82, 2.24) is 4.57 Å². The van der Waals surface area contributed by atoms with Gasteiger partial charge in [-0.15, -0.1) is 0 Å². The first-order valence-electron chi connectivity index (χ1n) is 6.74. The molecule has 0 spiro atoms. The van der Waals surface area contributed by atoms with Crippen LogP contribution in [0.2, 0.25) is 0 Å². The maximum absolute atomic E-state index is 12.2. The number of aryl methyl sites for hydroxylation is 1. The van der Waals surface area contributed by atoms with Crippen molar-refractivity contribution >= 4 is 21.9 Å². The van der Waals surface area contributed by atoms with Crippen LogP contribution >= 0.6 is 15.9 Å². The fourth-order valence-electron chi connectivity index (χ4n) is 1.87. The number of esters is 1. The van der Waals surface area contributed by atoms with Crippen molar-refractivity contribution in [2.24, 2.45) is 0 Å². The third-order valence-corrected chi connectivity index (χ3v) is 3.82. The molecule has 116 valence electrons. The van der Waals surface area contributed by atoms with Gasteiger partial charge in [-0.3, -0.25) is 9.59 Å². The Morgan fingerprint density at radius 1 is 1.23 bits per heavy atom. The van der Waals surface area contributed by atoms with Crippen molar-refractivity contribution in [3.05, 3.63) is 63.0 Å². The fraction of sp³-hybridized carbons (Fsp3) is 0.250. The molecule has 1 aromatic heterocycles. The van der Waals surface area contributed by atoms with Crippen LogP contribution in [0.5, 0.6) is 5.75 Å². The summed E-state index contributed by atoms with van der Waals surface area (Å²) in [6.45, 7) is 0.647. The third kappa shape index (κ3) is 4.21. The lowest BCUT2D eigenvalue weighted by Gasteiger charge is -2.11. The summed E-state index contributed by atoms with van der Waals surface area (Å²) < 4.78 is 12.0. The summed E-state index contributed by atoms with van der Waals surface area (Å²) in [5, 5.41) is 0. The van der Waals surface area contributed by atoms with Gasteiger partial charge in [0.05, 0.1) is 13.5 Å².